The van der Waals surface area contributed by atoms with Crippen LogP contribution in [-0.4, -0.2) is 10.8 Å². The van der Waals surface area contributed by atoms with Gasteiger partial charge < -0.3 is 0 Å². The number of ketones is 1. The average Bonchev–Trinajstić information content (AvgIpc) is 2.71. The first-order chi connectivity index (χ1) is 7.25. The molecule has 2 aromatic heterocycles. The van der Waals surface area contributed by atoms with Crippen LogP contribution in [0.3, 0.4) is 0 Å². The van der Waals surface area contributed by atoms with E-state index in [1.165, 1.54) is 0 Å². The first-order valence-corrected chi connectivity index (χ1v) is 6.15. The number of pyridine rings is 1. The molecule has 0 radical (unpaired) electrons. The van der Waals surface area contributed by atoms with E-state index in [0.717, 1.165) is 10.0 Å². The number of hydrogen-bond acceptors (Lipinski definition) is 3. The molecule has 0 saturated carbocycles. The molecule has 0 aliphatic heterocycles. The maximum absolute atomic E-state index is 11.8. The van der Waals surface area contributed by atoms with E-state index in [0.29, 0.717) is 12.1 Å². The van der Waals surface area contributed by atoms with Crippen LogP contribution in [0.1, 0.15) is 16.1 Å². The van der Waals surface area contributed by atoms with Crippen molar-refractivity contribution in [2.75, 3.05) is 0 Å². The lowest BCUT2D eigenvalue weighted by molar-refractivity contribution is 0.0988. The van der Waals surface area contributed by atoms with Crippen LogP contribution < -0.4 is 0 Å². The smallest absolute Gasteiger partial charge is 0.185 e. The highest BCUT2D eigenvalue weighted by Gasteiger charge is 2.08. The summed E-state index contributed by atoms with van der Waals surface area (Å²) in [6.45, 7) is 0. The molecule has 0 aliphatic carbocycles. The lowest BCUT2D eigenvalue weighted by Crippen LogP contribution is -2.04. The molecule has 0 unspecified atom stereocenters. The van der Waals surface area contributed by atoms with Crippen molar-refractivity contribution >= 4 is 33.0 Å². The minimum atomic E-state index is 0.0564. The molecular formula is C11H8BrNOS. The Labute approximate surface area is 100 Å². The normalized spacial score (nSPS) is 10.2. The van der Waals surface area contributed by atoms with Gasteiger partial charge in [-0.05, 0) is 50.5 Å². The molecule has 0 saturated heterocycles. The zero-order chi connectivity index (χ0) is 10.7. The van der Waals surface area contributed by atoms with Gasteiger partial charge in [0.15, 0.2) is 5.78 Å². The van der Waals surface area contributed by atoms with Crippen molar-refractivity contribution in [3.63, 3.8) is 0 Å². The average molecular weight is 282 g/mol. The third-order valence-electron chi connectivity index (χ3n) is 1.96. The van der Waals surface area contributed by atoms with Crippen molar-refractivity contribution in [1.29, 1.82) is 0 Å². The molecule has 0 fully saturated rings. The van der Waals surface area contributed by atoms with Crippen LogP contribution in [0.2, 0.25) is 0 Å². The van der Waals surface area contributed by atoms with E-state index < -0.39 is 0 Å². The third kappa shape index (κ3) is 2.73. The minimum absolute atomic E-state index is 0.0564. The summed E-state index contributed by atoms with van der Waals surface area (Å²) in [4.78, 5) is 15.8. The first kappa shape index (κ1) is 10.5. The highest BCUT2D eigenvalue weighted by atomic mass is 79.9. The molecule has 0 amide bonds. The van der Waals surface area contributed by atoms with Gasteiger partial charge in [0.25, 0.3) is 0 Å². The number of carbonyl (C=O) groups excluding carboxylic acids is 1. The molecule has 0 bridgehead atoms. The Morgan fingerprint density at radius 1 is 1.40 bits per heavy atom. The van der Waals surface area contributed by atoms with Crippen molar-refractivity contribution in [2.45, 2.75) is 6.42 Å². The van der Waals surface area contributed by atoms with Gasteiger partial charge in [-0.1, -0.05) is 0 Å². The van der Waals surface area contributed by atoms with E-state index in [9.17, 15) is 4.79 Å². The van der Waals surface area contributed by atoms with Crippen LogP contribution in [0, 0.1) is 0 Å². The summed E-state index contributed by atoms with van der Waals surface area (Å²) in [6, 6.07) is 5.52. The van der Waals surface area contributed by atoms with Gasteiger partial charge in [-0.3, -0.25) is 9.78 Å². The van der Waals surface area contributed by atoms with E-state index >= 15 is 0 Å². The maximum atomic E-state index is 11.8. The van der Waals surface area contributed by atoms with Crippen molar-refractivity contribution in [1.82, 2.24) is 4.98 Å². The Morgan fingerprint density at radius 2 is 2.27 bits per heavy atom. The van der Waals surface area contributed by atoms with Crippen LogP contribution in [0.5, 0.6) is 0 Å². The summed E-state index contributed by atoms with van der Waals surface area (Å²) in [5, 5.41) is 3.95. The second-order valence-corrected chi connectivity index (χ2v) is 4.79. The van der Waals surface area contributed by atoms with Gasteiger partial charge in [-0.15, -0.1) is 0 Å². The van der Waals surface area contributed by atoms with E-state index in [2.05, 4.69) is 20.9 Å². The number of Topliss-reactive ketones (excluding diaryl/α,β-unsaturated/α-hetero) is 1. The molecule has 0 aliphatic rings. The lowest BCUT2D eigenvalue weighted by atomic mass is 10.1. The largest absolute Gasteiger partial charge is 0.292 e. The quantitative estimate of drug-likeness (QED) is 0.808. The van der Waals surface area contributed by atoms with Crippen molar-refractivity contribution in [3.8, 4) is 0 Å². The second kappa shape index (κ2) is 4.68. The van der Waals surface area contributed by atoms with Crippen LogP contribution in [0.15, 0.2) is 39.6 Å². The molecule has 0 atom stereocenters. The molecular weight excluding hydrogens is 274 g/mol. The van der Waals surface area contributed by atoms with E-state index in [1.807, 2.05) is 22.9 Å². The summed E-state index contributed by atoms with van der Waals surface area (Å²) in [7, 11) is 0. The van der Waals surface area contributed by atoms with Crippen LogP contribution >= 0.6 is 27.3 Å². The second-order valence-electron chi connectivity index (χ2n) is 3.09. The molecule has 2 nitrogen and oxygen atoms in total. The summed E-state index contributed by atoms with van der Waals surface area (Å²) in [5.74, 6) is 0.0564. The van der Waals surface area contributed by atoms with E-state index in [1.54, 1.807) is 23.6 Å². The van der Waals surface area contributed by atoms with Gasteiger partial charge in [0.1, 0.15) is 5.69 Å². The highest BCUT2D eigenvalue weighted by molar-refractivity contribution is 9.10. The molecule has 2 rings (SSSR count). The zero-order valence-electron chi connectivity index (χ0n) is 7.81. The number of rotatable bonds is 3. The SMILES string of the molecule is O=C(Cc1ccsc1)c1ccc(Br)cn1. The molecule has 76 valence electrons. The topological polar surface area (TPSA) is 30.0 Å². The number of aromatic nitrogens is 1. The Balaban J connectivity index is 2.11. The molecule has 2 aromatic rings. The molecule has 4 heteroatoms. The predicted molar refractivity (Wildman–Crippen MR) is 64.3 cm³/mol. The fourth-order valence-electron chi connectivity index (χ4n) is 1.21. The van der Waals surface area contributed by atoms with Crippen LogP contribution in [0.4, 0.5) is 0 Å². The molecule has 0 aromatic carbocycles. The van der Waals surface area contributed by atoms with Gasteiger partial charge in [0.2, 0.25) is 0 Å². The summed E-state index contributed by atoms with van der Waals surface area (Å²) < 4.78 is 0.884. The summed E-state index contributed by atoms with van der Waals surface area (Å²) >= 11 is 4.88. The predicted octanol–water partition coefficient (Wildman–Crippen LogP) is 3.33. The van der Waals surface area contributed by atoms with Gasteiger partial charge >= 0.3 is 0 Å². The molecule has 15 heavy (non-hydrogen) atoms. The molecule has 0 spiro atoms. The summed E-state index contributed by atoms with van der Waals surface area (Å²) in [6.07, 6.45) is 2.07. The fourth-order valence-corrected chi connectivity index (χ4v) is 2.11. The Morgan fingerprint density at radius 3 is 2.87 bits per heavy atom. The van der Waals surface area contributed by atoms with Crippen LogP contribution in [0.25, 0.3) is 0 Å². The van der Waals surface area contributed by atoms with E-state index in [4.69, 9.17) is 0 Å². The molecule has 0 N–H and O–H groups in total. The molecule has 2 heterocycles. The monoisotopic (exact) mass is 281 g/mol. The highest BCUT2D eigenvalue weighted by Crippen LogP contribution is 2.12. The van der Waals surface area contributed by atoms with Crippen molar-refractivity contribution in [3.05, 3.63) is 50.9 Å². The number of hydrogen-bond donors (Lipinski definition) is 0. The van der Waals surface area contributed by atoms with Crippen LogP contribution in [-0.2, 0) is 6.42 Å². The standard InChI is InChI=1S/C11H8BrNOS/c12-9-1-2-10(13-6-9)11(14)5-8-3-4-15-7-8/h1-4,6-7H,5H2. The Bertz CT molecular complexity index is 450. The fraction of sp³-hybridized carbons (Fsp3) is 0.0909. The Hall–Kier alpha value is -1.00. The summed E-state index contributed by atoms with van der Waals surface area (Å²) in [5.41, 5.74) is 1.57. The minimum Gasteiger partial charge on any atom is -0.292 e. The van der Waals surface area contributed by atoms with Gasteiger partial charge in [0.05, 0.1) is 0 Å². The zero-order valence-corrected chi connectivity index (χ0v) is 10.2. The van der Waals surface area contributed by atoms with Gasteiger partial charge in [-0.2, -0.15) is 11.3 Å². The van der Waals surface area contributed by atoms with E-state index in [-0.39, 0.29) is 5.78 Å². The van der Waals surface area contributed by atoms with Gasteiger partial charge in [-0.25, -0.2) is 0 Å². The number of halogens is 1. The third-order valence-corrected chi connectivity index (χ3v) is 3.16. The van der Waals surface area contributed by atoms with Gasteiger partial charge in [0, 0.05) is 17.1 Å². The Kier molecular flexibility index (Phi) is 3.28. The number of thiophene rings is 1. The number of nitrogens with zero attached hydrogens (tertiary/aromatic N) is 1. The first-order valence-electron chi connectivity index (χ1n) is 4.41. The number of carbonyl (C=O) groups is 1. The van der Waals surface area contributed by atoms with Crippen molar-refractivity contribution < 1.29 is 4.79 Å². The van der Waals surface area contributed by atoms with Crippen molar-refractivity contribution in [2.24, 2.45) is 0 Å². The maximum Gasteiger partial charge on any atom is 0.185 e. The lowest BCUT2D eigenvalue weighted by Gasteiger charge is -1.98.